The second kappa shape index (κ2) is 7.64. The van der Waals surface area contributed by atoms with E-state index < -0.39 is 0 Å². The quantitative estimate of drug-likeness (QED) is 0.480. The highest BCUT2D eigenvalue weighted by atomic mass is 16.5. The van der Waals surface area contributed by atoms with Crippen LogP contribution in [-0.4, -0.2) is 32.8 Å². The molecule has 152 valence electrons. The molecule has 3 heterocycles. The summed E-state index contributed by atoms with van der Waals surface area (Å²) < 4.78 is 7.84. The number of ether oxygens (including phenoxy) is 1. The molecule has 0 amide bonds. The number of benzene rings is 2. The molecule has 2 aromatic heterocycles. The lowest BCUT2D eigenvalue weighted by atomic mass is 10.1. The number of fused-ring (bicyclic) bond motifs is 1. The molecule has 1 aliphatic heterocycles. The van der Waals surface area contributed by atoms with Crippen LogP contribution in [0, 0.1) is 0 Å². The van der Waals surface area contributed by atoms with Crippen LogP contribution in [0.4, 0.5) is 11.8 Å². The van der Waals surface area contributed by atoms with E-state index in [2.05, 4.69) is 15.3 Å². The second-order valence-electron chi connectivity index (χ2n) is 7.40. The van der Waals surface area contributed by atoms with Crippen LogP contribution in [-0.2, 0) is 0 Å². The smallest absolute Gasteiger partial charge is 0.224 e. The maximum absolute atomic E-state index is 6.25. The van der Waals surface area contributed by atoms with Gasteiger partial charge in [-0.05, 0) is 55.8 Å². The molecule has 4 aromatic rings. The minimum Gasteiger partial charge on any atom is -0.457 e. The lowest BCUT2D eigenvalue weighted by molar-refractivity contribution is 0.354. The second-order valence-corrected chi connectivity index (χ2v) is 7.40. The highest BCUT2D eigenvalue weighted by Gasteiger charge is 2.24. The monoisotopic (exact) mass is 401 g/mol. The Bertz CT molecular complexity index is 1170. The molecule has 1 aliphatic rings. The van der Waals surface area contributed by atoms with Crippen molar-refractivity contribution in [2.24, 2.45) is 0 Å². The van der Waals surface area contributed by atoms with E-state index in [1.165, 1.54) is 0 Å². The Hall–Kier alpha value is -3.65. The zero-order valence-corrected chi connectivity index (χ0v) is 16.5. The Labute approximate surface area is 173 Å². The van der Waals surface area contributed by atoms with Crippen LogP contribution in [0.2, 0.25) is 0 Å². The first-order valence-corrected chi connectivity index (χ1v) is 10.0. The van der Waals surface area contributed by atoms with Gasteiger partial charge in [-0.1, -0.05) is 18.2 Å². The zero-order chi connectivity index (χ0) is 20.5. The van der Waals surface area contributed by atoms with E-state index in [-0.39, 0.29) is 12.0 Å². The van der Waals surface area contributed by atoms with Gasteiger partial charge in [-0.25, -0.2) is 4.68 Å². The lowest BCUT2D eigenvalue weighted by Crippen LogP contribution is -2.32. The zero-order valence-electron chi connectivity index (χ0n) is 16.5. The van der Waals surface area contributed by atoms with Gasteiger partial charge in [-0.15, -0.1) is 0 Å². The summed E-state index contributed by atoms with van der Waals surface area (Å²) in [6, 6.07) is 17.7. The molecule has 1 unspecified atom stereocenters. The number of para-hydroxylation sites is 1. The van der Waals surface area contributed by atoms with Crippen molar-refractivity contribution < 1.29 is 4.74 Å². The Balaban J connectivity index is 1.55. The van der Waals surface area contributed by atoms with Crippen LogP contribution in [0.3, 0.4) is 0 Å². The van der Waals surface area contributed by atoms with Gasteiger partial charge in [0, 0.05) is 12.1 Å². The van der Waals surface area contributed by atoms with Gasteiger partial charge in [0.05, 0.1) is 11.4 Å². The van der Waals surface area contributed by atoms with Crippen molar-refractivity contribution in [1.82, 2.24) is 25.1 Å². The summed E-state index contributed by atoms with van der Waals surface area (Å²) in [5.74, 6) is 2.03. The molecule has 5 N–H and O–H groups in total. The maximum Gasteiger partial charge on any atom is 0.224 e. The largest absolute Gasteiger partial charge is 0.457 e. The third-order valence-electron chi connectivity index (χ3n) is 5.32. The number of nitrogens with zero attached hydrogens (tertiary/aromatic N) is 4. The Morgan fingerprint density at radius 3 is 2.47 bits per heavy atom. The van der Waals surface area contributed by atoms with Crippen molar-refractivity contribution >= 4 is 22.8 Å². The molecule has 30 heavy (non-hydrogen) atoms. The number of aromatic nitrogens is 4. The van der Waals surface area contributed by atoms with Gasteiger partial charge in [0.1, 0.15) is 23.0 Å². The SMILES string of the molecule is Nc1nc(N)c2c(-c3ccc(Oc4ccccc4)cc3)nn(C3CCCNC3)c2n1. The standard InChI is InChI=1S/C22H23N7O/c23-20-18-19(14-8-10-17(11-9-14)30-16-6-2-1-3-7-16)28-29(15-5-4-12-25-13-15)21(18)27-22(24)26-20/h1-3,6-11,15,25H,4-5,12-13H2,(H4,23,24,26,27). The van der Waals surface area contributed by atoms with Crippen molar-refractivity contribution in [2.75, 3.05) is 24.6 Å². The molecule has 0 radical (unpaired) electrons. The number of hydrogen-bond donors (Lipinski definition) is 3. The number of nitrogens with two attached hydrogens (primary N) is 2. The van der Waals surface area contributed by atoms with E-state index in [1.807, 2.05) is 59.3 Å². The summed E-state index contributed by atoms with van der Waals surface area (Å²) in [5.41, 5.74) is 14.5. The van der Waals surface area contributed by atoms with Crippen molar-refractivity contribution in [2.45, 2.75) is 18.9 Å². The molecule has 1 saturated heterocycles. The number of nitrogen functional groups attached to an aromatic ring is 2. The minimum absolute atomic E-state index is 0.156. The first-order chi connectivity index (χ1) is 14.7. The van der Waals surface area contributed by atoms with E-state index in [0.29, 0.717) is 11.5 Å². The fourth-order valence-electron chi connectivity index (χ4n) is 3.89. The summed E-state index contributed by atoms with van der Waals surface area (Å²) >= 11 is 0. The summed E-state index contributed by atoms with van der Waals surface area (Å²) in [4.78, 5) is 8.64. The molecule has 1 fully saturated rings. The molecule has 8 nitrogen and oxygen atoms in total. The van der Waals surface area contributed by atoms with Crippen LogP contribution >= 0.6 is 0 Å². The van der Waals surface area contributed by atoms with Gasteiger partial charge < -0.3 is 21.5 Å². The highest BCUT2D eigenvalue weighted by molar-refractivity contribution is 5.99. The van der Waals surface area contributed by atoms with Crippen molar-refractivity contribution in [3.05, 3.63) is 54.6 Å². The summed E-state index contributed by atoms with van der Waals surface area (Å²) in [5, 5.41) is 9.05. The number of hydrogen-bond acceptors (Lipinski definition) is 7. The van der Waals surface area contributed by atoms with Crippen LogP contribution < -0.4 is 21.5 Å². The topological polar surface area (TPSA) is 117 Å². The average Bonchev–Trinajstić information content (AvgIpc) is 3.15. The molecule has 1 atom stereocenters. The fraction of sp³-hybridized carbons (Fsp3) is 0.227. The van der Waals surface area contributed by atoms with Gasteiger partial charge >= 0.3 is 0 Å². The van der Waals surface area contributed by atoms with E-state index in [9.17, 15) is 0 Å². The number of nitrogens with one attached hydrogen (secondary N) is 1. The molecule has 0 saturated carbocycles. The van der Waals surface area contributed by atoms with E-state index in [1.54, 1.807) is 0 Å². The maximum atomic E-state index is 6.25. The molecule has 8 heteroatoms. The summed E-state index contributed by atoms with van der Waals surface area (Å²) in [6.07, 6.45) is 2.11. The summed E-state index contributed by atoms with van der Waals surface area (Å²) in [6.45, 7) is 1.86. The first kappa shape index (κ1) is 18.4. The van der Waals surface area contributed by atoms with Crippen LogP contribution in [0.1, 0.15) is 18.9 Å². The normalized spacial score (nSPS) is 16.6. The Morgan fingerprint density at radius 2 is 1.73 bits per heavy atom. The van der Waals surface area contributed by atoms with E-state index in [0.717, 1.165) is 54.1 Å². The minimum atomic E-state index is 0.156. The van der Waals surface area contributed by atoms with E-state index in [4.69, 9.17) is 21.3 Å². The molecule has 2 aromatic carbocycles. The molecule has 0 aliphatic carbocycles. The third-order valence-corrected chi connectivity index (χ3v) is 5.32. The fourth-order valence-corrected chi connectivity index (χ4v) is 3.89. The van der Waals surface area contributed by atoms with Gasteiger partial charge in [-0.2, -0.15) is 15.1 Å². The molecule has 5 rings (SSSR count). The number of anilines is 2. The summed E-state index contributed by atoms with van der Waals surface area (Å²) in [7, 11) is 0. The van der Waals surface area contributed by atoms with Gasteiger partial charge in [0.25, 0.3) is 0 Å². The molecule has 0 spiro atoms. The molecule has 0 bridgehead atoms. The van der Waals surface area contributed by atoms with Crippen molar-refractivity contribution in [3.63, 3.8) is 0 Å². The Morgan fingerprint density at radius 1 is 0.967 bits per heavy atom. The van der Waals surface area contributed by atoms with Crippen LogP contribution in [0.5, 0.6) is 11.5 Å². The van der Waals surface area contributed by atoms with Crippen LogP contribution in [0.15, 0.2) is 54.6 Å². The van der Waals surface area contributed by atoms with Crippen molar-refractivity contribution in [3.8, 4) is 22.8 Å². The van der Waals surface area contributed by atoms with Gasteiger partial charge in [0.2, 0.25) is 5.95 Å². The first-order valence-electron chi connectivity index (χ1n) is 10.0. The number of piperidine rings is 1. The Kier molecular flexibility index (Phi) is 4.68. The predicted molar refractivity (Wildman–Crippen MR) is 117 cm³/mol. The lowest BCUT2D eigenvalue weighted by Gasteiger charge is -2.23. The van der Waals surface area contributed by atoms with Crippen LogP contribution in [0.25, 0.3) is 22.3 Å². The molecular weight excluding hydrogens is 378 g/mol. The number of rotatable bonds is 4. The van der Waals surface area contributed by atoms with Gasteiger partial charge in [0.15, 0.2) is 5.65 Å². The average molecular weight is 401 g/mol. The highest BCUT2D eigenvalue weighted by Crippen LogP contribution is 2.34. The van der Waals surface area contributed by atoms with Gasteiger partial charge in [-0.3, -0.25) is 0 Å². The third kappa shape index (κ3) is 3.42. The predicted octanol–water partition coefficient (Wildman–Crippen LogP) is 3.37. The molecular formula is C22H23N7O. The van der Waals surface area contributed by atoms with E-state index >= 15 is 0 Å². The van der Waals surface area contributed by atoms with Crippen molar-refractivity contribution in [1.29, 1.82) is 0 Å².